The van der Waals surface area contributed by atoms with E-state index in [1.807, 2.05) is 67.6 Å². The van der Waals surface area contributed by atoms with E-state index in [4.69, 9.17) is 4.98 Å². The van der Waals surface area contributed by atoms with Crippen molar-refractivity contribution in [3.05, 3.63) is 90.3 Å². The summed E-state index contributed by atoms with van der Waals surface area (Å²) in [4.78, 5) is 18.3. The van der Waals surface area contributed by atoms with Crippen LogP contribution in [0.15, 0.2) is 84.1 Å². The first-order valence-corrected chi connectivity index (χ1v) is 9.61. The maximum atomic E-state index is 4.71. The van der Waals surface area contributed by atoms with Gasteiger partial charge in [-0.2, -0.15) is 5.10 Å². The standard InChI is InChI=1S/C24H18N6/c1-16-11-12-19-22(13-16)28-24(29-23(19)17-7-3-2-4-8-17)30-26-15-18-14-25-20-9-5-6-10-21(20)27-18/h2-15H,1H3,(H,28,29,30)/b26-15+. The lowest BCUT2D eigenvalue weighted by molar-refractivity contribution is 1.15. The number of para-hydroxylation sites is 2. The lowest BCUT2D eigenvalue weighted by Gasteiger charge is -2.09. The van der Waals surface area contributed by atoms with E-state index in [0.29, 0.717) is 11.6 Å². The summed E-state index contributed by atoms with van der Waals surface area (Å²) >= 11 is 0. The molecule has 144 valence electrons. The Morgan fingerprint density at radius 3 is 2.47 bits per heavy atom. The molecule has 0 amide bonds. The van der Waals surface area contributed by atoms with Gasteiger partial charge >= 0.3 is 0 Å². The number of hydrogen-bond acceptors (Lipinski definition) is 6. The average Bonchev–Trinajstić information content (AvgIpc) is 2.79. The van der Waals surface area contributed by atoms with Crippen molar-refractivity contribution < 1.29 is 0 Å². The molecule has 0 spiro atoms. The molecule has 2 heterocycles. The van der Waals surface area contributed by atoms with E-state index >= 15 is 0 Å². The van der Waals surface area contributed by atoms with Crippen LogP contribution in [0.5, 0.6) is 0 Å². The Labute approximate surface area is 173 Å². The first-order valence-electron chi connectivity index (χ1n) is 9.61. The highest BCUT2D eigenvalue weighted by molar-refractivity contribution is 5.93. The summed E-state index contributed by atoms with van der Waals surface area (Å²) in [5.74, 6) is 0.428. The van der Waals surface area contributed by atoms with E-state index in [-0.39, 0.29) is 0 Å². The topological polar surface area (TPSA) is 76.0 Å². The molecule has 0 bridgehead atoms. The van der Waals surface area contributed by atoms with Gasteiger partial charge in [-0.15, -0.1) is 0 Å². The first kappa shape index (κ1) is 17.9. The van der Waals surface area contributed by atoms with Gasteiger partial charge in [0.1, 0.15) is 5.69 Å². The summed E-state index contributed by atoms with van der Waals surface area (Å²) in [7, 11) is 0. The van der Waals surface area contributed by atoms with Crippen LogP contribution in [-0.4, -0.2) is 26.2 Å². The minimum atomic E-state index is 0.428. The van der Waals surface area contributed by atoms with Crippen LogP contribution >= 0.6 is 0 Å². The summed E-state index contributed by atoms with van der Waals surface area (Å²) < 4.78 is 0. The van der Waals surface area contributed by atoms with Crippen LogP contribution in [0.3, 0.4) is 0 Å². The Balaban J connectivity index is 1.49. The van der Waals surface area contributed by atoms with Gasteiger partial charge in [0.25, 0.3) is 0 Å². The maximum absolute atomic E-state index is 4.71. The maximum Gasteiger partial charge on any atom is 0.244 e. The minimum Gasteiger partial charge on any atom is -0.252 e. The summed E-state index contributed by atoms with van der Waals surface area (Å²) in [6.45, 7) is 2.05. The minimum absolute atomic E-state index is 0.428. The Morgan fingerprint density at radius 2 is 1.60 bits per heavy atom. The van der Waals surface area contributed by atoms with Gasteiger partial charge in [0, 0.05) is 10.9 Å². The molecule has 2 aromatic heterocycles. The number of aryl methyl sites for hydroxylation is 1. The zero-order valence-electron chi connectivity index (χ0n) is 16.3. The fraction of sp³-hybridized carbons (Fsp3) is 0.0417. The van der Waals surface area contributed by atoms with Gasteiger partial charge in [-0.3, -0.25) is 4.98 Å². The SMILES string of the molecule is Cc1ccc2c(-c3ccccc3)nc(N/N=C/c3cnc4ccccc4n3)nc2c1. The number of aromatic nitrogens is 4. The molecule has 3 aromatic carbocycles. The van der Waals surface area contributed by atoms with Crippen LogP contribution in [0.25, 0.3) is 33.2 Å². The zero-order chi connectivity index (χ0) is 20.3. The summed E-state index contributed by atoms with van der Waals surface area (Å²) in [5, 5.41) is 5.28. The third-order valence-electron chi connectivity index (χ3n) is 4.73. The second kappa shape index (κ2) is 7.67. The number of fused-ring (bicyclic) bond motifs is 2. The van der Waals surface area contributed by atoms with E-state index in [9.17, 15) is 0 Å². The smallest absolute Gasteiger partial charge is 0.244 e. The average molecular weight is 390 g/mol. The largest absolute Gasteiger partial charge is 0.252 e. The van der Waals surface area contributed by atoms with E-state index < -0.39 is 0 Å². The van der Waals surface area contributed by atoms with Crippen molar-refractivity contribution in [3.63, 3.8) is 0 Å². The molecule has 0 fully saturated rings. The Kier molecular flexibility index (Phi) is 4.57. The predicted molar refractivity (Wildman–Crippen MR) is 120 cm³/mol. The molecule has 0 radical (unpaired) electrons. The summed E-state index contributed by atoms with van der Waals surface area (Å²) in [6.07, 6.45) is 3.30. The quantitative estimate of drug-likeness (QED) is 0.345. The molecular formula is C24H18N6. The highest BCUT2D eigenvalue weighted by Crippen LogP contribution is 2.27. The van der Waals surface area contributed by atoms with Gasteiger partial charge in [-0.05, 0) is 30.7 Å². The van der Waals surface area contributed by atoms with Crippen molar-refractivity contribution in [3.8, 4) is 11.3 Å². The molecule has 0 saturated heterocycles. The molecule has 6 heteroatoms. The molecule has 30 heavy (non-hydrogen) atoms. The van der Waals surface area contributed by atoms with E-state index in [2.05, 4.69) is 37.6 Å². The van der Waals surface area contributed by atoms with Gasteiger partial charge < -0.3 is 0 Å². The van der Waals surface area contributed by atoms with Crippen LogP contribution in [0, 0.1) is 6.92 Å². The van der Waals surface area contributed by atoms with Crippen LogP contribution < -0.4 is 5.43 Å². The molecule has 5 aromatic rings. The second-order valence-corrected chi connectivity index (χ2v) is 6.94. The predicted octanol–water partition coefficient (Wildman–Crippen LogP) is 4.99. The molecule has 1 N–H and O–H groups in total. The van der Waals surface area contributed by atoms with E-state index in [0.717, 1.165) is 38.8 Å². The van der Waals surface area contributed by atoms with E-state index in [1.165, 1.54) is 0 Å². The molecule has 0 aliphatic rings. The lowest BCUT2D eigenvalue weighted by atomic mass is 10.1. The highest BCUT2D eigenvalue weighted by atomic mass is 15.3. The molecule has 0 atom stereocenters. The number of hydrogen-bond donors (Lipinski definition) is 1. The molecular weight excluding hydrogens is 372 g/mol. The Morgan fingerprint density at radius 1 is 0.800 bits per heavy atom. The third kappa shape index (κ3) is 3.58. The van der Waals surface area contributed by atoms with Gasteiger partial charge in [-0.25, -0.2) is 20.4 Å². The monoisotopic (exact) mass is 390 g/mol. The molecule has 6 nitrogen and oxygen atoms in total. The number of nitrogens with zero attached hydrogens (tertiary/aromatic N) is 5. The third-order valence-corrected chi connectivity index (χ3v) is 4.73. The van der Waals surface area contributed by atoms with Crippen molar-refractivity contribution in [2.45, 2.75) is 6.92 Å². The second-order valence-electron chi connectivity index (χ2n) is 6.94. The fourth-order valence-corrected chi connectivity index (χ4v) is 3.30. The summed E-state index contributed by atoms with van der Waals surface area (Å²) in [5.41, 5.74) is 9.17. The molecule has 0 unspecified atom stereocenters. The van der Waals surface area contributed by atoms with Crippen molar-refractivity contribution in [2.24, 2.45) is 5.10 Å². The van der Waals surface area contributed by atoms with Crippen molar-refractivity contribution in [1.82, 2.24) is 19.9 Å². The van der Waals surface area contributed by atoms with Crippen LogP contribution in [0.1, 0.15) is 11.3 Å². The number of benzene rings is 3. The van der Waals surface area contributed by atoms with Crippen LogP contribution in [0.2, 0.25) is 0 Å². The van der Waals surface area contributed by atoms with Gasteiger partial charge in [0.05, 0.1) is 34.7 Å². The molecule has 0 saturated carbocycles. The highest BCUT2D eigenvalue weighted by Gasteiger charge is 2.09. The van der Waals surface area contributed by atoms with Gasteiger partial charge in [0.2, 0.25) is 5.95 Å². The number of nitrogens with one attached hydrogen (secondary N) is 1. The molecule has 0 aliphatic carbocycles. The Hall–Kier alpha value is -4.19. The van der Waals surface area contributed by atoms with Crippen molar-refractivity contribution in [2.75, 3.05) is 5.43 Å². The number of rotatable bonds is 4. The van der Waals surface area contributed by atoms with E-state index in [1.54, 1.807) is 12.4 Å². The van der Waals surface area contributed by atoms with Gasteiger partial charge in [0.15, 0.2) is 0 Å². The normalized spacial score (nSPS) is 11.4. The summed E-state index contributed by atoms with van der Waals surface area (Å²) in [6, 6.07) is 24.0. The van der Waals surface area contributed by atoms with Crippen LogP contribution in [-0.2, 0) is 0 Å². The zero-order valence-corrected chi connectivity index (χ0v) is 16.3. The lowest BCUT2D eigenvalue weighted by Crippen LogP contribution is -2.00. The van der Waals surface area contributed by atoms with Crippen LogP contribution in [0.4, 0.5) is 5.95 Å². The number of anilines is 1. The molecule has 5 rings (SSSR count). The van der Waals surface area contributed by atoms with Gasteiger partial charge in [-0.1, -0.05) is 54.6 Å². The Bertz CT molecular complexity index is 1380. The fourth-order valence-electron chi connectivity index (χ4n) is 3.30. The number of hydrazone groups is 1. The molecule has 0 aliphatic heterocycles. The first-order chi connectivity index (χ1) is 14.8. The van der Waals surface area contributed by atoms with Crippen molar-refractivity contribution >= 4 is 34.1 Å². The van der Waals surface area contributed by atoms with Crippen molar-refractivity contribution in [1.29, 1.82) is 0 Å².